The smallest absolute Gasteiger partial charge is 0.233 e. The van der Waals surface area contributed by atoms with Crippen molar-refractivity contribution >= 4 is 23.4 Å². The third-order valence-corrected chi connectivity index (χ3v) is 5.59. The van der Waals surface area contributed by atoms with Gasteiger partial charge in [0.25, 0.3) is 0 Å². The van der Waals surface area contributed by atoms with E-state index >= 15 is 0 Å². The van der Waals surface area contributed by atoms with Crippen LogP contribution >= 0.6 is 11.8 Å². The Balaban J connectivity index is 1.48. The quantitative estimate of drug-likeness (QED) is 0.789. The van der Waals surface area contributed by atoms with Crippen LogP contribution in [0.5, 0.6) is 0 Å². The van der Waals surface area contributed by atoms with E-state index in [0.29, 0.717) is 6.54 Å². The molecule has 1 saturated heterocycles. The van der Waals surface area contributed by atoms with Gasteiger partial charge in [-0.1, -0.05) is 29.8 Å². The van der Waals surface area contributed by atoms with Crippen LogP contribution in [0.2, 0.25) is 0 Å². The summed E-state index contributed by atoms with van der Waals surface area (Å²) in [6.07, 6.45) is 0. The molecule has 0 bridgehead atoms. The molecule has 1 heterocycles. The molecule has 0 radical (unpaired) electrons. The van der Waals surface area contributed by atoms with E-state index in [4.69, 9.17) is 4.74 Å². The van der Waals surface area contributed by atoms with Gasteiger partial charge in [-0.3, -0.25) is 4.79 Å². The van der Waals surface area contributed by atoms with E-state index in [0.717, 1.165) is 36.8 Å². The summed E-state index contributed by atoms with van der Waals surface area (Å²) in [4.78, 5) is 15.8. The number of carbonyl (C=O) groups excluding carboxylic acids is 1. The van der Waals surface area contributed by atoms with Gasteiger partial charge in [-0.25, -0.2) is 0 Å². The van der Waals surface area contributed by atoms with Gasteiger partial charge in [-0.2, -0.15) is 0 Å². The molecule has 0 aromatic heterocycles. The third-order valence-electron chi connectivity index (χ3n) is 4.48. The number of amides is 1. The number of benzene rings is 2. The molecule has 3 rings (SSSR count). The first-order chi connectivity index (χ1) is 12.6. The zero-order valence-electron chi connectivity index (χ0n) is 15.4. The van der Waals surface area contributed by atoms with E-state index in [1.54, 1.807) is 11.8 Å². The molecule has 1 aliphatic heterocycles. The van der Waals surface area contributed by atoms with Crippen LogP contribution in [0.15, 0.2) is 53.4 Å². The van der Waals surface area contributed by atoms with Crippen LogP contribution < -0.4 is 10.2 Å². The van der Waals surface area contributed by atoms with Gasteiger partial charge in [-0.15, -0.1) is 11.8 Å². The Hall–Kier alpha value is -1.98. The van der Waals surface area contributed by atoms with Crippen LogP contribution in [0.25, 0.3) is 0 Å². The predicted octanol–water partition coefficient (Wildman–Crippen LogP) is 3.63. The van der Waals surface area contributed by atoms with Gasteiger partial charge in [0, 0.05) is 30.2 Å². The molecule has 5 heteroatoms. The first-order valence-corrected chi connectivity index (χ1v) is 9.92. The molecule has 0 spiro atoms. The van der Waals surface area contributed by atoms with Crippen molar-refractivity contribution in [3.05, 3.63) is 59.7 Å². The van der Waals surface area contributed by atoms with Crippen molar-refractivity contribution in [1.82, 2.24) is 5.32 Å². The van der Waals surface area contributed by atoms with Gasteiger partial charge < -0.3 is 15.0 Å². The van der Waals surface area contributed by atoms with Gasteiger partial charge in [0.05, 0.1) is 18.5 Å². The van der Waals surface area contributed by atoms with E-state index < -0.39 is 0 Å². The lowest BCUT2D eigenvalue weighted by Crippen LogP contribution is -2.36. The molecule has 1 fully saturated rings. The largest absolute Gasteiger partial charge is 0.378 e. The van der Waals surface area contributed by atoms with Crippen LogP contribution in [-0.2, 0) is 16.1 Å². The van der Waals surface area contributed by atoms with Crippen molar-refractivity contribution in [2.45, 2.75) is 30.5 Å². The number of rotatable bonds is 6. The molecule has 2 aromatic carbocycles. The summed E-state index contributed by atoms with van der Waals surface area (Å²) in [5.41, 5.74) is 3.56. The summed E-state index contributed by atoms with van der Waals surface area (Å²) in [7, 11) is 0. The van der Waals surface area contributed by atoms with Crippen LogP contribution in [0.3, 0.4) is 0 Å². The maximum Gasteiger partial charge on any atom is 0.233 e. The highest BCUT2D eigenvalue weighted by molar-refractivity contribution is 8.00. The summed E-state index contributed by atoms with van der Waals surface area (Å²) in [5, 5.41) is 2.92. The summed E-state index contributed by atoms with van der Waals surface area (Å²) in [6, 6.07) is 16.7. The highest BCUT2D eigenvalue weighted by Crippen LogP contribution is 2.23. The minimum atomic E-state index is -0.120. The molecule has 138 valence electrons. The second-order valence-corrected chi connectivity index (χ2v) is 7.97. The van der Waals surface area contributed by atoms with Crippen LogP contribution in [-0.4, -0.2) is 37.5 Å². The molecular formula is C21H26N2O2S. The second kappa shape index (κ2) is 9.10. The van der Waals surface area contributed by atoms with Crippen molar-refractivity contribution in [1.29, 1.82) is 0 Å². The van der Waals surface area contributed by atoms with E-state index in [-0.39, 0.29) is 11.2 Å². The molecule has 1 amide bonds. The fraction of sp³-hybridized carbons (Fsp3) is 0.381. The highest BCUT2D eigenvalue weighted by Gasteiger charge is 2.14. The topological polar surface area (TPSA) is 41.6 Å². The van der Waals surface area contributed by atoms with E-state index in [2.05, 4.69) is 65.7 Å². The summed E-state index contributed by atoms with van der Waals surface area (Å²) < 4.78 is 5.39. The van der Waals surface area contributed by atoms with E-state index in [1.165, 1.54) is 11.3 Å². The maximum atomic E-state index is 12.3. The number of thioether (sulfide) groups is 1. The van der Waals surface area contributed by atoms with Crippen molar-refractivity contribution in [3.63, 3.8) is 0 Å². The molecule has 1 N–H and O–H groups in total. The zero-order valence-corrected chi connectivity index (χ0v) is 16.2. The number of nitrogens with one attached hydrogen (secondary N) is 1. The Morgan fingerprint density at radius 2 is 1.77 bits per heavy atom. The number of hydrogen-bond acceptors (Lipinski definition) is 4. The SMILES string of the molecule is Cc1ccc(S[C@H](C)C(=O)NCc2ccc(N3CCOCC3)cc2)cc1. The summed E-state index contributed by atoms with van der Waals surface area (Å²) in [6.45, 7) is 8.01. The van der Waals surface area contributed by atoms with Crippen molar-refractivity contribution < 1.29 is 9.53 Å². The average Bonchev–Trinajstić information content (AvgIpc) is 2.69. The number of ether oxygens (including phenoxy) is 1. The number of hydrogen-bond donors (Lipinski definition) is 1. The number of nitrogens with zero attached hydrogens (tertiary/aromatic N) is 1. The Labute approximate surface area is 159 Å². The minimum absolute atomic E-state index is 0.0628. The van der Waals surface area contributed by atoms with E-state index in [9.17, 15) is 4.79 Å². The molecule has 0 saturated carbocycles. The van der Waals surface area contributed by atoms with E-state index in [1.807, 2.05) is 6.92 Å². The standard InChI is InChI=1S/C21H26N2O2S/c1-16-3-9-20(10-4-16)26-17(2)21(24)22-15-18-5-7-19(8-6-18)23-11-13-25-14-12-23/h3-10,17H,11-15H2,1-2H3,(H,22,24)/t17-/m1/s1. The molecular weight excluding hydrogens is 344 g/mol. The Bertz CT molecular complexity index is 710. The Morgan fingerprint density at radius 3 is 2.42 bits per heavy atom. The lowest BCUT2D eigenvalue weighted by molar-refractivity contribution is -0.120. The van der Waals surface area contributed by atoms with Crippen LogP contribution in [0, 0.1) is 6.92 Å². The second-order valence-electron chi connectivity index (χ2n) is 6.56. The lowest BCUT2D eigenvalue weighted by atomic mass is 10.2. The van der Waals surface area contributed by atoms with Crippen LogP contribution in [0.4, 0.5) is 5.69 Å². The number of morpholine rings is 1. The van der Waals surface area contributed by atoms with Crippen molar-refractivity contribution in [3.8, 4) is 0 Å². The number of carbonyl (C=O) groups is 1. The van der Waals surface area contributed by atoms with Crippen molar-refractivity contribution in [2.75, 3.05) is 31.2 Å². The Kier molecular flexibility index (Phi) is 6.58. The summed E-state index contributed by atoms with van der Waals surface area (Å²) >= 11 is 1.59. The molecule has 4 nitrogen and oxygen atoms in total. The average molecular weight is 371 g/mol. The first kappa shape index (κ1) is 18.8. The minimum Gasteiger partial charge on any atom is -0.378 e. The lowest BCUT2D eigenvalue weighted by Gasteiger charge is -2.28. The number of aryl methyl sites for hydroxylation is 1. The number of anilines is 1. The van der Waals surface area contributed by atoms with Gasteiger partial charge >= 0.3 is 0 Å². The molecule has 2 aromatic rings. The van der Waals surface area contributed by atoms with Crippen LogP contribution in [0.1, 0.15) is 18.1 Å². The fourth-order valence-corrected chi connectivity index (χ4v) is 3.75. The monoisotopic (exact) mass is 370 g/mol. The summed E-state index contributed by atoms with van der Waals surface area (Å²) in [5.74, 6) is 0.0628. The molecule has 1 aliphatic rings. The van der Waals surface area contributed by atoms with Crippen molar-refractivity contribution in [2.24, 2.45) is 0 Å². The van der Waals surface area contributed by atoms with Gasteiger partial charge in [-0.05, 0) is 43.7 Å². The normalized spacial score (nSPS) is 15.5. The van der Waals surface area contributed by atoms with Gasteiger partial charge in [0.1, 0.15) is 0 Å². The van der Waals surface area contributed by atoms with Gasteiger partial charge in [0.2, 0.25) is 5.91 Å². The highest BCUT2D eigenvalue weighted by atomic mass is 32.2. The zero-order chi connectivity index (χ0) is 18.4. The predicted molar refractivity (Wildman–Crippen MR) is 108 cm³/mol. The van der Waals surface area contributed by atoms with Gasteiger partial charge in [0.15, 0.2) is 0 Å². The molecule has 1 atom stereocenters. The maximum absolute atomic E-state index is 12.3. The Morgan fingerprint density at radius 1 is 1.12 bits per heavy atom. The molecule has 0 aliphatic carbocycles. The molecule has 0 unspecified atom stereocenters. The molecule has 26 heavy (non-hydrogen) atoms. The third kappa shape index (κ3) is 5.26. The first-order valence-electron chi connectivity index (χ1n) is 9.04. The fourth-order valence-electron chi connectivity index (χ4n) is 2.85.